The molecule has 0 aromatic carbocycles. The molecular formula is C11H16N2O2. The number of carbonyl (C=O) groups is 2. The Bertz CT molecular complexity index is 307. The molecule has 1 N–H and O–H groups in total. The molecular weight excluding hydrogens is 192 g/mol. The third-order valence-corrected chi connectivity index (χ3v) is 3.88. The van der Waals surface area contributed by atoms with Gasteiger partial charge in [0.05, 0.1) is 0 Å². The van der Waals surface area contributed by atoms with E-state index in [-0.39, 0.29) is 17.2 Å². The van der Waals surface area contributed by atoms with E-state index in [0.717, 1.165) is 25.6 Å². The lowest BCUT2D eigenvalue weighted by atomic mass is 9.78. The van der Waals surface area contributed by atoms with Crippen molar-refractivity contribution in [2.45, 2.75) is 38.1 Å². The number of hydrogen-bond acceptors (Lipinski definition) is 3. The molecule has 0 aromatic rings. The molecule has 1 spiro atoms. The van der Waals surface area contributed by atoms with E-state index in [9.17, 15) is 9.59 Å². The second-order valence-electron chi connectivity index (χ2n) is 5.28. The predicted octanol–water partition coefficient (Wildman–Crippen LogP) is 0.278. The molecule has 3 aliphatic rings. The van der Waals surface area contributed by atoms with Gasteiger partial charge in [-0.2, -0.15) is 0 Å². The van der Waals surface area contributed by atoms with Gasteiger partial charge in [-0.1, -0.05) is 0 Å². The SMILES string of the molecule is O=C1CC2(CCN(C3CC3)C2)CC(=O)N1. The summed E-state index contributed by atoms with van der Waals surface area (Å²) >= 11 is 0. The van der Waals surface area contributed by atoms with E-state index in [1.165, 1.54) is 12.8 Å². The molecule has 2 aliphatic heterocycles. The van der Waals surface area contributed by atoms with Crippen LogP contribution in [0.4, 0.5) is 0 Å². The Kier molecular flexibility index (Phi) is 1.89. The smallest absolute Gasteiger partial charge is 0.227 e. The molecule has 82 valence electrons. The van der Waals surface area contributed by atoms with Crippen LogP contribution in [0.5, 0.6) is 0 Å². The average molecular weight is 208 g/mol. The molecule has 2 heterocycles. The van der Waals surface area contributed by atoms with E-state index >= 15 is 0 Å². The molecule has 0 aromatic heterocycles. The predicted molar refractivity (Wildman–Crippen MR) is 54.0 cm³/mol. The number of piperidine rings is 1. The van der Waals surface area contributed by atoms with Gasteiger partial charge < -0.3 is 0 Å². The van der Waals surface area contributed by atoms with Gasteiger partial charge >= 0.3 is 0 Å². The van der Waals surface area contributed by atoms with E-state index in [4.69, 9.17) is 0 Å². The third-order valence-electron chi connectivity index (χ3n) is 3.88. The summed E-state index contributed by atoms with van der Waals surface area (Å²) < 4.78 is 0. The maximum atomic E-state index is 11.4. The van der Waals surface area contributed by atoms with Crippen molar-refractivity contribution in [2.75, 3.05) is 13.1 Å². The molecule has 0 atom stereocenters. The van der Waals surface area contributed by atoms with Gasteiger partial charge in [-0.15, -0.1) is 0 Å². The normalized spacial score (nSPS) is 30.9. The molecule has 4 nitrogen and oxygen atoms in total. The Morgan fingerprint density at radius 3 is 2.47 bits per heavy atom. The van der Waals surface area contributed by atoms with Crippen LogP contribution in [0.2, 0.25) is 0 Å². The number of imide groups is 1. The van der Waals surface area contributed by atoms with Crippen LogP contribution in [0.3, 0.4) is 0 Å². The summed E-state index contributed by atoms with van der Waals surface area (Å²) in [5.74, 6) is -0.159. The van der Waals surface area contributed by atoms with E-state index in [1.54, 1.807) is 0 Å². The third kappa shape index (κ3) is 1.67. The molecule has 1 aliphatic carbocycles. The van der Waals surface area contributed by atoms with Crippen LogP contribution in [0, 0.1) is 5.41 Å². The summed E-state index contributed by atoms with van der Waals surface area (Å²) in [4.78, 5) is 25.2. The summed E-state index contributed by atoms with van der Waals surface area (Å²) in [5.41, 5.74) is -0.0258. The highest BCUT2D eigenvalue weighted by Gasteiger charge is 2.47. The number of carbonyl (C=O) groups excluding carboxylic acids is 2. The van der Waals surface area contributed by atoms with E-state index in [1.807, 2.05) is 0 Å². The lowest BCUT2D eigenvalue weighted by molar-refractivity contribution is -0.137. The first kappa shape index (κ1) is 9.33. The molecule has 2 amide bonds. The van der Waals surface area contributed by atoms with Crippen LogP contribution >= 0.6 is 0 Å². The van der Waals surface area contributed by atoms with Crippen molar-refractivity contribution in [3.63, 3.8) is 0 Å². The van der Waals surface area contributed by atoms with Crippen LogP contribution in [-0.2, 0) is 9.59 Å². The Morgan fingerprint density at radius 2 is 1.87 bits per heavy atom. The number of hydrogen-bond donors (Lipinski definition) is 1. The summed E-state index contributed by atoms with van der Waals surface area (Å²) in [6, 6.07) is 0.754. The minimum Gasteiger partial charge on any atom is -0.300 e. The quantitative estimate of drug-likeness (QED) is 0.630. The lowest BCUT2D eigenvalue weighted by Crippen LogP contribution is -2.46. The standard InChI is InChI=1S/C11H16N2O2/c14-9-5-11(6-10(15)12-9)3-4-13(7-11)8-1-2-8/h8H,1-7H2,(H,12,14,15). The van der Waals surface area contributed by atoms with Crippen molar-refractivity contribution in [1.82, 2.24) is 10.2 Å². The van der Waals surface area contributed by atoms with Crippen molar-refractivity contribution >= 4 is 11.8 Å². The topological polar surface area (TPSA) is 49.4 Å². The number of likely N-dealkylation sites (tertiary alicyclic amines) is 1. The first-order valence-corrected chi connectivity index (χ1v) is 5.74. The molecule has 4 heteroatoms. The fourth-order valence-electron chi connectivity index (χ4n) is 3.00. The van der Waals surface area contributed by atoms with Gasteiger partial charge in [-0.05, 0) is 25.8 Å². The van der Waals surface area contributed by atoms with Crippen molar-refractivity contribution in [3.8, 4) is 0 Å². The van der Waals surface area contributed by atoms with Crippen molar-refractivity contribution in [3.05, 3.63) is 0 Å². The monoisotopic (exact) mass is 208 g/mol. The highest BCUT2D eigenvalue weighted by molar-refractivity contribution is 5.98. The Labute approximate surface area is 89.0 Å². The van der Waals surface area contributed by atoms with Crippen molar-refractivity contribution in [2.24, 2.45) is 5.41 Å². The van der Waals surface area contributed by atoms with Crippen LogP contribution in [0.1, 0.15) is 32.1 Å². The molecule has 1 saturated carbocycles. The lowest BCUT2D eigenvalue weighted by Gasteiger charge is -2.31. The number of nitrogens with zero attached hydrogens (tertiary/aromatic N) is 1. The maximum absolute atomic E-state index is 11.4. The summed E-state index contributed by atoms with van der Waals surface area (Å²) in [6.07, 6.45) is 4.71. The Balaban J connectivity index is 1.73. The zero-order valence-electron chi connectivity index (χ0n) is 8.79. The minimum atomic E-state index is -0.0797. The van der Waals surface area contributed by atoms with Gasteiger partial charge in [0.15, 0.2) is 0 Å². The summed E-state index contributed by atoms with van der Waals surface area (Å²) in [7, 11) is 0. The highest BCUT2D eigenvalue weighted by Crippen LogP contribution is 2.43. The molecule has 2 saturated heterocycles. The Hall–Kier alpha value is -0.900. The zero-order valence-corrected chi connectivity index (χ0v) is 8.79. The summed E-state index contributed by atoms with van der Waals surface area (Å²) in [6.45, 7) is 2.03. The van der Waals surface area contributed by atoms with E-state index in [0.29, 0.717) is 12.8 Å². The average Bonchev–Trinajstić information content (AvgIpc) is 2.90. The highest BCUT2D eigenvalue weighted by atomic mass is 16.2. The van der Waals surface area contributed by atoms with E-state index < -0.39 is 0 Å². The second kappa shape index (κ2) is 3.04. The van der Waals surface area contributed by atoms with Crippen LogP contribution in [0.15, 0.2) is 0 Å². The molecule has 0 unspecified atom stereocenters. The summed E-state index contributed by atoms with van der Waals surface area (Å²) in [5, 5.41) is 2.39. The number of rotatable bonds is 1. The van der Waals surface area contributed by atoms with Crippen molar-refractivity contribution < 1.29 is 9.59 Å². The largest absolute Gasteiger partial charge is 0.300 e. The zero-order chi connectivity index (χ0) is 10.5. The molecule has 0 bridgehead atoms. The fraction of sp³-hybridized carbons (Fsp3) is 0.818. The van der Waals surface area contributed by atoms with Gasteiger partial charge in [0.2, 0.25) is 11.8 Å². The van der Waals surface area contributed by atoms with Gasteiger partial charge in [0.25, 0.3) is 0 Å². The molecule has 0 radical (unpaired) electrons. The first-order chi connectivity index (χ1) is 7.17. The van der Waals surface area contributed by atoms with Crippen LogP contribution in [0.25, 0.3) is 0 Å². The Morgan fingerprint density at radius 1 is 1.20 bits per heavy atom. The second-order valence-corrected chi connectivity index (χ2v) is 5.28. The molecule has 3 rings (SSSR count). The van der Waals surface area contributed by atoms with Crippen LogP contribution < -0.4 is 5.32 Å². The van der Waals surface area contributed by atoms with E-state index in [2.05, 4.69) is 10.2 Å². The molecule has 15 heavy (non-hydrogen) atoms. The minimum absolute atomic E-state index is 0.0258. The van der Waals surface area contributed by atoms with Gasteiger partial charge in [-0.3, -0.25) is 19.8 Å². The maximum Gasteiger partial charge on any atom is 0.227 e. The number of nitrogens with one attached hydrogen (secondary N) is 1. The van der Waals surface area contributed by atoms with Crippen molar-refractivity contribution in [1.29, 1.82) is 0 Å². The van der Waals surface area contributed by atoms with Crippen LogP contribution in [-0.4, -0.2) is 35.8 Å². The first-order valence-electron chi connectivity index (χ1n) is 5.74. The number of amides is 2. The van der Waals surface area contributed by atoms with Gasteiger partial charge in [0, 0.05) is 30.8 Å². The fourth-order valence-corrected chi connectivity index (χ4v) is 3.00. The van der Waals surface area contributed by atoms with Gasteiger partial charge in [-0.25, -0.2) is 0 Å². The molecule has 3 fully saturated rings. The van der Waals surface area contributed by atoms with Gasteiger partial charge in [0.1, 0.15) is 0 Å².